The molecule has 0 radical (unpaired) electrons. The van der Waals surface area contributed by atoms with E-state index in [0.717, 1.165) is 16.1 Å². The average molecular weight is 291 g/mol. The minimum Gasteiger partial charge on any atom is -0.408 e. The third-order valence-electron chi connectivity index (χ3n) is 3.74. The largest absolute Gasteiger partial charge is 0.408 e. The van der Waals surface area contributed by atoms with Crippen molar-refractivity contribution in [3.63, 3.8) is 0 Å². The molecule has 1 heterocycles. The van der Waals surface area contributed by atoms with E-state index in [2.05, 4.69) is 35.7 Å². The van der Waals surface area contributed by atoms with Crippen molar-refractivity contribution in [3.05, 3.63) is 50.9 Å². The van der Waals surface area contributed by atoms with Gasteiger partial charge in [0.2, 0.25) is 0 Å². The summed E-state index contributed by atoms with van der Waals surface area (Å²) >= 11 is 6.88. The van der Waals surface area contributed by atoms with E-state index in [1.165, 1.54) is 18.4 Å². The van der Waals surface area contributed by atoms with E-state index in [1.54, 1.807) is 11.3 Å². The van der Waals surface area contributed by atoms with Crippen molar-refractivity contribution < 1.29 is 4.84 Å². The highest BCUT2D eigenvalue weighted by molar-refractivity contribution is 7.73. The molecule has 1 aromatic carbocycles. The van der Waals surface area contributed by atoms with Crippen LogP contribution in [0.15, 0.2) is 35.7 Å². The van der Waals surface area contributed by atoms with Crippen molar-refractivity contribution in [3.8, 4) is 0 Å². The van der Waals surface area contributed by atoms with Crippen LogP contribution in [0.5, 0.6) is 0 Å². The van der Waals surface area contributed by atoms with Crippen molar-refractivity contribution in [1.29, 1.82) is 0 Å². The van der Waals surface area contributed by atoms with Gasteiger partial charge in [-0.05, 0) is 44.0 Å². The zero-order valence-electron chi connectivity index (χ0n) is 10.9. The lowest BCUT2D eigenvalue weighted by atomic mass is 9.96. The summed E-state index contributed by atoms with van der Waals surface area (Å²) in [4.78, 5) is 6.17. The zero-order valence-corrected chi connectivity index (χ0v) is 12.5. The predicted octanol–water partition coefficient (Wildman–Crippen LogP) is 4.35. The Labute approximate surface area is 122 Å². The predicted molar refractivity (Wildman–Crippen MR) is 81.3 cm³/mol. The molecule has 1 aliphatic carbocycles. The van der Waals surface area contributed by atoms with Crippen LogP contribution < -0.4 is 4.84 Å². The van der Waals surface area contributed by atoms with E-state index in [9.17, 15) is 0 Å². The molecule has 0 N–H and O–H groups in total. The molecule has 2 aromatic rings. The molecule has 19 heavy (non-hydrogen) atoms. The van der Waals surface area contributed by atoms with E-state index in [4.69, 9.17) is 17.1 Å². The van der Waals surface area contributed by atoms with Crippen LogP contribution in [0.2, 0.25) is 0 Å². The number of aromatic nitrogens is 1. The van der Waals surface area contributed by atoms with Gasteiger partial charge in [0.15, 0.2) is 3.95 Å². The molecule has 1 aliphatic rings. The number of nitrogens with zero attached hydrogens (tertiary/aromatic N) is 1. The standard InChI is InChI=1S/C15H17NOS2/c1-11-10-19-15(18)16(11)17-14-9-5-8-13(14)12-6-3-2-4-7-12/h2-4,6-7,10,13-14H,5,8-9H2,1H3/t13-,14-/m1/s1. The van der Waals surface area contributed by atoms with Crippen LogP contribution >= 0.6 is 23.6 Å². The first-order chi connectivity index (χ1) is 9.25. The van der Waals surface area contributed by atoms with Crippen LogP contribution in [0.3, 0.4) is 0 Å². The molecule has 0 aliphatic heterocycles. The summed E-state index contributed by atoms with van der Waals surface area (Å²) in [6.07, 6.45) is 3.77. The van der Waals surface area contributed by atoms with Crippen LogP contribution in [0.25, 0.3) is 0 Å². The first-order valence-corrected chi connectivity index (χ1v) is 7.94. The number of hydrogen-bond acceptors (Lipinski definition) is 3. The second kappa shape index (κ2) is 5.47. The second-order valence-electron chi connectivity index (χ2n) is 5.03. The fraction of sp³-hybridized carbons (Fsp3) is 0.400. The lowest BCUT2D eigenvalue weighted by molar-refractivity contribution is 0.0270. The van der Waals surface area contributed by atoms with Gasteiger partial charge >= 0.3 is 0 Å². The van der Waals surface area contributed by atoms with Crippen LogP contribution in [0, 0.1) is 10.9 Å². The molecule has 0 saturated heterocycles. The van der Waals surface area contributed by atoms with Crippen molar-refractivity contribution in [2.24, 2.45) is 0 Å². The number of aryl methyl sites for hydroxylation is 1. The van der Waals surface area contributed by atoms with E-state index < -0.39 is 0 Å². The molecular formula is C15H17NOS2. The highest BCUT2D eigenvalue weighted by Crippen LogP contribution is 2.35. The van der Waals surface area contributed by atoms with Crippen molar-refractivity contribution >= 4 is 23.6 Å². The van der Waals surface area contributed by atoms with E-state index >= 15 is 0 Å². The Morgan fingerprint density at radius 2 is 2.05 bits per heavy atom. The van der Waals surface area contributed by atoms with Gasteiger partial charge in [-0.3, -0.25) is 0 Å². The Hall–Kier alpha value is -1.13. The number of rotatable bonds is 3. The smallest absolute Gasteiger partial charge is 0.196 e. The summed E-state index contributed by atoms with van der Waals surface area (Å²) in [5.41, 5.74) is 2.47. The van der Waals surface area contributed by atoms with Gasteiger partial charge < -0.3 is 4.84 Å². The van der Waals surface area contributed by atoms with Crippen LogP contribution in [0.1, 0.15) is 36.4 Å². The SMILES string of the molecule is Cc1csc(=S)n1O[C@@H]1CCC[C@@H]1c1ccccc1. The number of thiazole rings is 1. The third-order valence-corrected chi connectivity index (χ3v) is 5.02. The third kappa shape index (κ3) is 2.60. The minimum atomic E-state index is 0.238. The molecule has 3 rings (SSSR count). The van der Waals surface area contributed by atoms with Gasteiger partial charge in [0, 0.05) is 11.3 Å². The van der Waals surface area contributed by atoms with Gasteiger partial charge in [0.05, 0.1) is 5.69 Å². The Kier molecular flexibility index (Phi) is 3.71. The fourth-order valence-electron chi connectivity index (χ4n) is 2.77. The molecule has 0 bridgehead atoms. The molecule has 2 atom stereocenters. The monoisotopic (exact) mass is 291 g/mol. The number of benzene rings is 1. The summed E-state index contributed by atoms with van der Waals surface area (Å²) in [6.45, 7) is 2.04. The quantitative estimate of drug-likeness (QED) is 0.780. The first-order valence-electron chi connectivity index (χ1n) is 6.65. The van der Waals surface area contributed by atoms with E-state index in [0.29, 0.717) is 5.92 Å². The Morgan fingerprint density at radius 1 is 1.26 bits per heavy atom. The minimum absolute atomic E-state index is 0.238. The van der Waals surface area contributed by atoms with Crippen molar-refractivity contribution in [2.75, 3.05) is 0 Å². The maximum Gasteiger partial charge on any atom is 0.196 e. The Morgan fingerprint density at radius 3 is 2.74 bits per heavy atom. The summed E-state index contributed by atoms with van der Waals surface area (Å²) < 4.78 is 2.63. The van der Waals surface area contributed by atoms with Gasteiger partial charge in [-0.15, -0.1) is 11.3 Å². The summed E-state index contributed by atoms with van der Waals surface area (Å²) in [5.74, 6) is 0.488. The molecule has 1 aromatic heterocycles. The van der Waals surface area contributed by atoms with Crippen LogP contribution in [-0.4, -0.2) is 10.8 Å². The van der Waals surface area contributed by atoms with Gasteiger partial charge in [-0.2, -0.15) is 4.73 Å². The van der Waals surface area contributed by atoms with Crippen LogP contribution in [-0.2, 0) is 0 Å². The van der Waals surface area contributed by atoms with E-state index in [-0.39, 0.29) is 6.10 Å². The molecule has 2 nitrogen and oxygen atoms in total. The maximum absolute atomic E-state index is 6.17. The highest BCUT2D eigenvalue weighted by atomic mass is 32.1. The van der Waals surface area contributed by atoms with Gasteiger partial charge in [-0.1, -0.05) is 30.3 Å². The molecule has 4 heteroatoms. The number of hydrogen-bond donors (Lipinski definition) is 0. The Balaban J connectivity index is 1.83. The zero-order chi connectivity index (χ0) is 13.2. The van der Waals surface area contributed by atoms with Gasteiger partial charge in [-0.25, -0.2) is 0 Å². The molecule has 0 unspecified atom stereocenters. The Bertz CT molecular complexity index is 602. The second-order valence-corrected chi connectivity index (χ2v) is 6.53. The summed E-state index contributed by atoms with van der Waals surface area (Å²) in [7, 11) is 0. The first kappa shape index (κ1) is 12.9. The van der Waals surface area contributed by atoms with Gasteiger partial charge in [0.1, 0.15) is 6.10 Å². The molecule has 1 fully saturated rings. The lowest BCUT2D eigenvalue weighted by Crippen LogP contribution is -2.28. The average Bonchev–Trinajstić information content (AvgIpc) is 3.02. The fourth-order valence-corrected chi connectivity index (χ4v) is 3.75. The van der Waals surface area contributed by atoms with Crippen molar-refractivity contribution in [2.45, 2.75) is 38.2 Å². The van der Waals surface area contributed by atoms with Gasteiger partial charge in [0.25, 0.3) is 0 Å². The summed E-state index contributed by atoms with van der Waals surface area (Å²) in [5, 5.41) is 2.05. The molecule has 0 spiro atoms. The molecule has 100 valence electrons. The van der Waals surface area contributed by atoms with Crippen molar-refractivity contribution in [1.82, 2.24) is 4.73 Å². The van der Waals surface area contributed by atoms with E-state index in [1.807, 2.05) is 11.7 Å². The summed E-state index contributed by atoms with van der Waals surface area (Å²) in [6, 6.07) is 10.7. The molecule has 1 saturated carbocycles. The lowest BCUT2D eigenvalue weighted by Gasteiger charge is -2.22. The topological polar surface area (TPSA) is 14.2 Å². The highest BCUT2D eigenvalue weighted by Gasteiger charge is 2.31. The normalized spacial score (nSPS) is 22.6. The van der Waals surface area contributed by atoms with Crippen LogP contribution in [0.4, 0.5) is 0 Å². The molecule has 0 amide bonds. The molecular weight excluding hydrogens is 274 g/mol. The maximum atomic E-state index is 6.17.